The van der Waals surface area contributed by atoms with Gasteiger partial charge in [-0.1, -0.05) is 0 Å². The highest BCUT2D eigenvalue weighted by Crippen LogP contribution is 2.06. The quantitative estimate of drug-likeness (QED) is 0.541. The van der Waals surface area contributed by atoms with Crippen molar-refractivity contribution in [2.45, 2.75) is 63.8 Å². The van der Waals surface area contributed by atoms with E-state index in [1.807, 2.05) is 0 Å². The maximum Gasteiger partial charge on any atom is 0.0665 e. The normalized spacial score (nSPS) is 35.3. The van der Waals surface area contributed by atoms with Crippen LogP contribution in [-0.4, -0.2) is 47.6 Å². The van der Waals surface area contributed by atoms with Gasteiger partial charge in [0, 0.05) is 25.2 Å². The van der Waals surface area contributed by atoms with E-state index in [4.69, 9.17) is 10.2 Å². The Hall–Kier alpha value is 0.420. The number of aliphatic hydroxyl groups is 2. The van der Waals surface area contributed by atoms with E-state index in [1.165, 1.54) is 0 Å². The lowest BCUT2D eigenvalue weighted by Crippen LogP contribution is -2.39. The van der Waals surface area contributed by atoms with Gasteiger partial charge in [0.05, 0.1) is 12.2 Å². The first kappa shape index (κ1) is 20.7. The van der Waals surface area contributed by atoms with Crippen LogP contribution < -0.4 is 10.6 Å². The van der Waals surface area contributed by atoms with E-state index in [1.54, 1.807) is 0 Å². The summed E-state index contributed by atoms with van der Waals surface area (Å²) in [5, 5.41) is 24.3. The first-order valence-electron chi connectivity index (χ1n) is 6.41. The number of nitrogens with one attached hydrogen (secondary N) is 2. The minimum atomic E-state index is -0.0915. The molecule has 2 aliphatic heterocycles. The largest absolute Gasteiger partial charge is 0.392 e. The van der Waals surface area contributed by atoms with Gasteiger partial charge < -0.3 is 20.8 Å². The zero-order valence-corrected chi connectivity index (χ0v) is 12.9. The summed E-state index contributed by atoms with van der Waals surface area (Å²) in [4.78, 5) is 0. The van der Waals surface area contributed by atoms with E-state index in [0.29, 0.717) is 12.1 Å². The predicted octanol–water partition coefficient (Wildman–Crippen LogP) is 1.08. The Morgan fingerprint density at radius 2 is 1.06 bits per heavy atom. The summed E-state index contributed by atoms with van der Waals surface area (Å²) < 4.78 is 0. The van der Waals surface area contributed by atoms with Crippen molar-refractivity contribution < 1.29 is 10.2 Å². The van der Waals surface area contributed by atoms with E-state index < -0.39 is 0 Å². The second-order valence-electron chi connectivity index (χ2n) is 5.08. The van der Waals surface area contributed by atoms with Gasteiger partial charge in [0.1, 0.15) is 0 Å². The Kier molecular flexibility index (Phi) is 13.0. The molecule has 0 amide bonds. The zero-order valence-electron chi connectivity index (χ0n) is 11.3. The third kappa shape index (κ3) is 9.36. The number of hydrogen-bond donors (Lipinski definition) is 4. The molecular weight excluding hydrogens is 275 g/mol. The molecule has 6 heteroatoms. The first-order chi connectivity index (χ1) is 7.58. The van der Waals surface area contributed by atoms with Crippen LogP contribution in [0.3, 0.4) is 0 Å². The lowest BCUT2D eigenvalue weighted by atomic mass is 10.0. The Balaban J connectivity index is 0. The molecule has 0 saturated carbocycles. The summed E-state index contributed by atoms with van der Waals surface area (Å²) in [6.45, 7) is 5.85. The Morgan fingerprint density at radius 1 is 0.722 bits per heavy atom. The van der Waals surface area contributed by atoms with Gasteiger partial charge in [0.2, 0.25) is 0 Å². The van der Waals surface area contributed by atoms with E-state index in [9.17, 15) is 0 Å². The van der Waals surface area contributed by atoms with Crippen molar-refractivity contribution in [3.63, 3.8) is 0 Å². The van der Waals surface area contributed by atoms with Gasteiger partial charge >= 0.3 is 0 Å². The molecule has 112 valence electrons. The molecule has 4 N–H and O–H groups in total. The summed E-state index contributed by atoms with van der Waals surface area (Å²) in [5.41, 5.74) is 0. The molecular formula is C12H28Cl2N2O2. The van der Waals surface area contributed by atoms with Crippen LogP contribution in [0.4, 0.5) is 0 Å². The maximum atomic E-state index is 8.96. The van der Waals surface area contributed by atoms with Crippen molar-refractivity contribution in [3.05, 3.63) is 0 Å². The molecule has 2 aliphatic rings. The number of halogens is 2. The fraction of sp³-hybridized carbons (Fsp3) is 1.00. The average Bonchev–Trinajstić information content (AvgIpc) is 2.28. The molecule has 0 aliphatic carbocycles. The number of piperidine rings is 2. The van der Waals surface area contributed by atoms with Crippen LogP contribution in [0.2, 0.25) is 0 Å². The highest BCUT2D eigenvalue weighted by atomic mass is 35.5. The highest BCUT2D eigenvalue weighted by molar-refractivity contribution is 5.85. The monoisotopic (exact) mass is 302 g/mol. The summed E-state index contributed by atoms with van der Waals surface area (Å²) in [6.07, 6.45) is 3.97. The van der Waals surface area contributed by atoms with Crippen molar-refractivity contribution in [3.8, 4) is 0 Å². The number of β-amino-alcohol motifs (C(OH)–C–C–N with tert-alkyl or cyclic N) is 2. The van der Waals surface area contributed by atoms with Crippen molar-refractivity contribution >= 4 is 24.8 Å². The van der Waals surface area contributed by atoms with Crippen LogP contribution in [0.1, 0.15) is 39.5 Å². The molecule has 4 atom stereocenters. The number of rotatable bonds is 0. The molecule has 2 saturated heterocycles. The fourth-order valence-electron chi connectivity index (χ4n) is 1.97. The van der Waals surface area contributed by atoms with Crippen LogP contribution in [0.5, 0.6) is 0 Å². The second kappa shape index (κ2) is 11.3. The molecule has 2 rings (SSSR count). The van der Waals surface area contributed by atoms with Crippen molar-refractivity contribution in [2.75, 3.05) is 13.1 Å². The van der Waals surface area contributed by atoms with Gasteiger partial charge in [-0.15, -0.1) is 24.8 Å². The lowest BCUT2D eigenvalue weighted by Gasteiger charge is -2.23. The number of hydrogen-bond acceptors (Lipinski definition) is 4. The SMILES string of the molecule is C[C@@H]1CC[C@H](O)CN1.C[C@H]1CC[C@@H](O)CN1.Cl.Cl. The molecule has 0 bridgehead atoms. The summed E-state index contributed by atoms with van der Waals surface area (Å²) in [7, 11) is 0. The van der Waals surface area contributed by atoms with Crippen LogP contribution in [0.25, 0.3) is 0 Å². The third-order valence-corrected chi connectivity index (χ3v) is 3.27. The van der Waals surface area contributed by atoms with Gasteiger partial charge in [0.15, 0.2) is 0 Å². The second-order valence-corrected chi connectivity index (χ2v) is 5.08. The van der Waals surface area contributed by atoms with Crippen LogP contribution in [0, 0.1) is 0 Å². The van der Waals surface area contributed by atoms with E-state index in [-0.39, 0.29) is 37.0 Å². The smallest absolute Gasteiger partial charge is 0.0665 e. The first-order valence-corrected chi connectivity index (χ1v) is 6.41. The van der Waals surface area contributed by atoms with Crippen LogP contribution >= 0.6 is 24.8 Å². The van der Waals surface area contributed by atoms with Crippen molar-refractivity contribution in [1.29, 1.82) is 0 Å². The minimum Gasteiger partial charge on any atom is -0.392 e. The highest BCUT2D eigenvalue weighted by Gasteiger charge is 2.14. The molecule has 0 radical (unpaired) electrons. The summed E-state index contributed by atoms with van der Waals surface area (Å²) in [5.74, 6) is 0. The molecule has 0 aromatic carbocycles. The maximum absolute atomic E-state index is 8.96. The molecule has 18 heavy (non-hydrogen) atoms. The topological polar surface area (TPSA) is 64.5 Å². The molecule has 4 nitrogen and oxygen atoms in total. The molecule has 2 fully saturated rings. The molecule has 0 unspecified atom stereocenters. The molecule has 0 aromatic heterocycles. The lowest BCUT2D eigenvalue weighted by molar-refractivity contribution is 0.129. The van der Waals surface area contributed by atoms with Crippen LogP contribution in [0.15, 0.2) is 0 Å². The predicted molar refractivity (Wildman–Crippen MR) is 79.9 cm³/mol. The molecule has 2 heterocycles. The summed E-state index contributed by atoms with van der Waals surface area (Å²) in [6, 6.07) is 1.22. The van der Waals surface area contributed by atoms with E-state index >= 15 is 0 Å². The van der Waals surface area contributed by atoms with E-state index in [2.05, 4.69) is 24.5 Å². The minimum absolute atomic E-state index is 0. The van der Waals surface area contributed by atoms with Gasteiger partial charge in [-0.25, -0.2) is 0 Å². The standard InChI is InChI=1S/2C6H13NO.2ClH/c2*1-5-2-3-6(8)4-7-5;;/h2*5-8H,2-4H2,1H3;2*1H/t2*5-,6+;;/m10../s1. The van der Waals surface area contributed by atoms with Crippen molar-refractivity contribution in [1.82, 2.24) is 10.6 Å². The third-order valence-electron chi connectivity index (χ3n) is 3.27. The van der Waals surface area contributed by atoms with Gasteiger partial charge in [0.25, 0.3) is 0 Å². The van der Waals surface area contributed by atoms with E-state index in [0.717, 1.165) is 38.8 Å². The van der Waals surface area contributed by atoms with Crippen molar-refractivity contribution in [2.24, 2.45) is 0 Å². The summed E-state index contributed by atoms with van der Waals surface area (Å²) >= 11 is 0. The Morgan fingerprint density at radius 3 is 1.22 bits per heavy atom. The Labute approximate surface area is 123 Å². The Bertz CT molecular complexity index is 143. The van der Waals surface area contributed by atoms with Gasteiger partial charge in [-0.3, -0.25) is 0 Å². The fourth-order valence-corrected chi connectivity index (χ4v) is 1.97. The van der Waals surface area contributed by atoms with Gasteiger partial charge in [-0.05, 0) is 39.5 Å². The molecule has 0 spiro atoms. The average molecular weight is 303 g/mol. The number of aliphatic hydroxyl groups excluding tert-OH is 2. The zero-order chi connectivity index (χ0) is 12.0. The van der Waals surface area contributed by atoms with Gasteiger partial charge in [-0.2, -0.15) is 0 Å². The molecule has 0 aromatic rings. The van der Waals surface area contributed by atoms with Crippen LogP contribution in [-0.2, 0) is 0 Å².